The molecule has 0 saturated carbocycles. The van der Waals surface area contributed by atoms with Crippen LogP contribution in [0.1, 0.15) is 11.1 Å². The second-order valence-electron chi connectivity index (χ2n) is 4.61. The average Bonchev–Trinajstić information content (AvgIpc) is 3.20. The predicted octanol–water partition coefficient (Wildman–Crippen LogP) is 4.29. The number of nitrogens with zero attached hydrogens (tertiary/aromatic N) is 1. The molecule has 0 amide bonds. The van der Waals surface area contributed by atoms with Crippen LogP contribution in [0.15, 0.2) is 48.2 Å². The number of aromatic nitrogens is 1. The molecule has 0 saturated heterocycles. The van der Waals surface area contributed by atoms with Crippen LogP contribution < -0.4 is 0 Å². The van der Waals surface area contributed by atoms with E-state index in [4.69, 9.17) is 0 Å². The van der Waals surface area contributed by atoms with Crippen LogP contribution in [0.4, 0.5) is 8.78 Å². The van der Waals surface area contributed by atoms with E-state index in [1.54, 1.807) is 6.20 Å². The molecule has 1 aromatic carbocycles. The molecule has 0 unspecified atom stereocenters. The van der Waals surface area contributed by atoms with Gasteiger partial charge in [0.2, 0.25) is 0 Å². The third-order valence-electron chi connectivity index (χ3n) is 3.18. The number of hydrogen-bond acceptors (Lipinski definition) is 1. The van der Waals surface area contributed by atoms with Crippen molar-refractivity contribution in [1.82, 2.24) is 4.98 Å². The molecule has 1 heterocycles. The molecule has 0 atom stereocenters. The van der Waals surface area contributed by atoms with E-state index in [1.807, 2.05) is 43.3 Å². The average molecular weight is 256 g/mol. The number of alkyl halides is 2. The maximum atomic E-state index is 12.4. The van der Waals surface area contributed by atoms with E-state index < -0.39 is 6.43 Å². The molecule has 95 valence electrons. The highest BCUT2D eigenvalue weighted by Gasteiger charge is 2.30. The SMILES string of the molecule is Cc1ccc(-c2ccc(C3=C(C(F)F)[CH]3)cn2)cc1. The minimum Gasteiger partial charge on any atom is -0.256 e. The maximum absolute atomic E-state index is 12.4. The number of aryl methyl sites for hydroxylation is 1. The van der Waals surface area contributed by atoms with Crippen LogP contribution in [-0.2, 0) is 0 Å². The van der Waals surface area contributed by atoms with Gasteiger partial charge in [-0.15, -0.1) is 0 Å². The first-order valence-electron chi connectivity index (χ1n) is 6.05. The Balaban J connectivity index is 1.86. The lowest BCUT2D eigenvalue weighted by Gasteiger charge is -2.02. The van der Waals surface area contributed by atoms with Crippen LogP contribution in [0.25, 0.3) is 16.8 Å². The van der Waals surface area contributed by atoms with E-state index in [-0.39, 0.29) is 5.57 Å². The van der Waals surface area contributed by atoms with E-state index in [0.29, 0.717) is 5.57 Å². The van der Waals surface area contributed by atoms with Crippen molar-refractivity contribution in [3.8, 4) is 11.3 Å². The van der Waals surface area contributed by atoms with E-state index in [2.05, 4.69) is 4.98 Å². The number of pyridine rings is 1. The fraction of sp³-hybridized carbons (Fsp3) is 0.125. The highest BCUT2D eigenvalue weighted by Crippen LogP contribution is 2.42. The second-order valence-corrected chi connectivity index (χ2v) is 4.61. The molecule has 0 fully saturated rings. The molecule has 0 spiro atoms. The van der Waals surface area contributed by atoms with Gasteiger partial charge in [0, 0.05) is 23.8 Å². The van der Waals surface area contributed by atoms with Gasteiger partial charge in [-0.05, 0) is 24.1 Å². The van der Waals surface area contributed by atoms with Gasteiger partial charge < -0.3 is 0 Å². The molecular weight excluding hydrogens is 244 g/mol. The summed E-state index contributed by atoms with van der Waals surface area (Å²) in [4.78, 5) is 4.33. The third-order valence-corrected chi connectivity index (χ3v) is 3.18. The summed E-state index contributed by atoms with van der Waals surface area (Å²) in [6.45, 7) is 2.03. The maximum Gasteiger partial charge on any atom is 0.261 e. The van der Waals surface area contributed by atoms with Crippen molar-refractivity contribution in [3.05, 3.63) is 65.7 Å². The van der Waals surface area contributed by atoms with Crippen LogP contribution in [0.5, 0.6) is 0 Å². The van der Waals surface area contributed by atoms with Gasteiger partial charge in [-0.25, -0.2) is 8.78 Å². The molecule has 1 aliphatic rings. The van der Waals surface area contributed by atoms with Gasteiger partial charge in [-0.3, -0.25) is 4.98 Å². The van der Waals surface area contributed by atoms with Gasteiger partial charge in [0.25, 0.3) is 6.43 Å². The van der Waals surface area contributed by atoms with Crippen molar-refractivity contribution < 1.29 is 8.78 Å². The Labute approximate surface area is 110 Å². The van der Waals surface area contributed by atoms with Gasteiger partial charge in [-0.1, -0.05) is 35.9 Å². The zero-order chi connectivity index (χ0) is 13.4. The van der Waals surface area contributed by atoms with Crippen molar-refractivity contribution in [2.24, 2.45) is 0 Å². The summed E-state index contributed by atoms with van der Waals surface area (Å²) in [6, 6.07) is 11.8. The quantitative estimate of drug-likeness (QED) is 0.798. The van der Waals surface area contributed by atoms with E-state index in [9.17, 15) is 8.78 Å². The highest BCUT2D eigenvalue weighted by atomic mass is 19.3. The van der Waals surface area contributed by atoms with Crippen molar-refractivity contribution in [2.75, 3.05) is 0 Å². The molecule has 3 rings (SSSR count). The van der Waals surface area contributed by atoms with Crippen LogP contribution >= 0.6 is 0 Å². The third kappa shape index (κ3) is 2.41. The highest BCUT2D eigenvalue weighted by molar-refractivity contribution is 5.93. The summed E-state index contributed by atoms with van der Waals surface area (Å²) in [5.74, 6) is 0. The summed E-state index contributed by atoms with van der Waals surface area (Å²) < 4.78 is 24.9. The van der Waals surface area contributed by atoms with Crippen LogP contribution in [-0.4, -0.2) is 11.4 Å². The van der Waals surface area contributed by atoms with Crippen molar-refractivity contribution in [3.63, 3.8) is 0 Å². The molecule has 3 heteroatoms. The van der Waals surface area contributed by atoms with Crippen LogP contribution in [0.2, 0.25) is 0 Å². The Hall–Kier alpha value is -2.03. The fourth-order valence-corrected chi connectivity index (χ4v) is 2.00. The van der Waals surface area contributed by atoms with Crippen molar-refractivity contribution >= 4 is 5.57 Å². The van der Waals surface area contributed by atoms with E-state index >= 15 is 0 Å². The Morgan fingerprint density at radius 1 is 0.947 bits per heavy atom. The molecule has 19 heavy (non-hydrogen) atoms. The number of hydrogen-bond donors (Lipinski definition) is 0. The molecule has 0 aliphatic heterocycles. The molecule has 1 nitrogen and oxygen atoms in total. The smallest absolute Gasteiger partial charge is 0.256 e. The number of benzene rings is 1. The lowest BCUT2D eigenvalue weighted by Crippen LogP contribution is -1.85. The minimum absolute atomic E-state index is 0.130. The molecule has 2 aromatic rings. The largest absolute Gasteiger partial charge is 0.261 e. The fourth-order valence-electron chi connectivity index (χ4n) is 2.00. The monoisotopic (exact) mass is 256 g/mol. The van der Waals surface area contributed by atoms with Crippen molar-refractivity contribution in [2.45, 2.75) is 13.3 Å². The first kappa shape index (κ1) is 12.0. The van der Waals surface area contributed by atoms with E-state index in [0.717, 1.165) is 16.8 Å². The first-order valence-corrected chi connectivity index (χ1v) is 6.05. The molecule has 0 N–H and O–H groups in total. The summed E-state index contributed by atoms with van der Waals surface area (Å²) in [7, 11) is 0. The van der Waals surface area contributed by atoms with Crippen molar-refractivity contribution in [1.29, 1.82) is 0 Å². The minimum atomic E-state index is -2.38. The summed E-state index contributed by atoms with van der Waals surface area (Å²) in [5, 5.41) is 0. The lowest BCUT2D eigenvalue weighted by atomic mass is 10.1. The summed E-state index contributed by atoms with van der Waals surface area (Å²) in [6.07, 6.45) is 0.774. The Kier molecular flexibility index (Phi) is 2.90. The Morgan fingerprint density at radius 3 is 2.16 bits per heavy atom. The van der Waals surface area contributed by atoms with Gasteiger partial charge in [-0.2, -0.15) is 0 Å². The number of halogens is 2. The van der Waals surface area contributed by atoms with Gasteiger partial charge in [0.15, 0.2) is 0 Å². The van der Waals surface area contributed by atoms with Crippen LogP contribution in [0.3, 0.4) is 0 Å². The first-order chi connectivity index (χ1) is 9.15. The normalized spacial score (nSPS) is 14.1. The lowest BCUT2D eigenvalue weighted by molar-refractivity contribution is 0.198. The second kappa shape index (κ2) is 4.57. The Bertz CT molecular complexity index is 625. The standard InChI is InChI=1S/C16H12F2N/c1-10-2-4-11(5-3-10)15-7-6-12(9-19-15)13-8-14(13)16(17)18/h2-9,16H,1H3. The van der Waals surface area contributed by atoms with Crippen LogP contribution in [0, 0.1) is 13.3 Å². The molecule has 0 bridgehead atoms. The van der Waals surface area contributed by atoms with E-state index in [1.165, 1.54) is 12.0 Å². The molecule has 1 radical (unpaired) electrons. The number of rotatable bonds is 3. The molecule has 1 aliphatic carbocycles. The molecule has 1 aromatic heterocycles. The zero-order valence-electron chi connectivity index (χ0n) is 10.4. The molecular formula is C16H12F2N. The Morgan fingerprint density at radius 2 is 1.63 bits per heavy atom. The van der Waals surface area contributed by atoms with Gasteiger partial charge in [0.05, 0.1) is 5.69 Å². The van der Waals surface area contributed by atoms with Gasteiger partial charge >= 0.3 is 0 Å². The summed E-state index contributed by atoms with van der Waals surface area (Å²) in [5.41, 5.74) is 4.58. The topological polar surface area (TPSA) is 12.9 Å². The predicted molar refractivity (Wildman–Crippen MR) is 71.6 cm³/mol. The number of allylic oxidation sites excluding steroid dienone is 2. The zero-order valence-corrected chi connectivity index (χ0v) is 10.4. The summed E-state index contributed by atoms with van der Waals surface area (Å²) >= 11 is 0. The van der Waals surface area contributed by atoms with Gasteiger partial charge in [0.1, 0.15) is 0 Å².